The van der Waals surface area contributed by atoms with Crippen molar-refractivity contribution >= 4 is 33.1 Å². The SMILES string of the molecule is Cc1ccc(C(=O)Nc2ccc(-c3nc4ccccc4s3)cc2)nc1. The van der Waals surface area contributed by atoms with E-state index in [1.165, 1.54) is 4.70 Å². The van der Waals surface area contributed by atoms with E-state index in [1.54, 1.807) is 23.6 Å². The van der Waals surface area contributed by atoms with E-state index < -0.39 is 0 Å². The van der Waals surface area contributed by atoms with Gasteiger partial charge in [0.2, 0.25) is 0 Å². The summed E-state index contributed by atoms with van der Waals surface area (Å²) in [6.07, 6.45) is 1.69. The van der Waals surface area contributed by atoms with Crippen LogP contribution >= 0.6 is 11.3 Å². The first kappa shape index (κ1) is 15.5. The predicted octanol–water partition coefficient (Wildman–Crippen LogP) is 4.92. The molecule has 0 unspecified atom stereocenters. The number of carbonyl (C=O) groups is 1. The maximum atomic E-state index is 12.2. The number of thiazole rings is 1. The van der Waals surface area contributed by atoms with E-state index in [9.17, 15) is 4.79 Å². The molecule has 4 nitrogen and oxygen atoms in total. The molecule has 1 amide bonds. The molecule has 2 heterocycles. The van der Waals surface area contributed by atoms with E-state index in [1.807, 2.05) is 55.5 Å². The molecule has 0 saturated heterocycles. The Hall–Kier alpha value is -3.05. The quantitative estimate of drug-likeness (QED) is 0.573. The molecular formula is C20H15N3OS. The highest BCUT2D eigenvalue weighted by atomic mass is 32.1. The smallest absolute Gasteiger partial charge is 0.274 e. The number of para-hydroxylation sites is 1. The molecule has 25 heavy (non-hydrogen) atoms. The van der Waals surface area contributed by atoms with Gasteiger partial charge in [0, 0.05) is 17.4 Å². The Bertz CT molecular complexity index is 1000. The average molecular weight is 345 g/mol. The van der Waals surface area contributed by atoms with Gasteiger partial charge in [-0.15, -0.1) is 11.3 Å². The standard InChI is InChI=1S/C20H15N3OS/c1-13-6-11-17(21-12-13)19(24)22-15-9-7-14(8-10-15)20-23-16-4-2-3-5-18(16)25-20/h2-12H,1H3,(H,22,24). The van der Waals surface area contributed by atoms with Crippen LogP contribution in [0.1, 0.15) is 16.1 Å². The van der Waals surface area contributed by atoms with Gasteiger partial charge in [0.25, 0.3) is 5.91 Å². The van der Waals surface area contributed by atoms with Crippen LogP contribution in [0.3, 0.4) is 0 Å². The Labute approximate surface area is 149 Å². The molecule has 4 rings (SSSR count). The highest BCUT2D eigenvalue weighted by Crippen LogP contribution is 2.30. The molecule has 0 aliphatic rings. The molecule has 0 aliphatic carbocycles. The zero-order valence-electron chi connectivity index (χ0n) is 13.6. The molecule has 0 fully saturated rings. The van der Waals surface area contributed by atoms with Crippen molar-refractivity contribution in [1.29, 1.82) is 0 Å². The lowest BCUT2D eigenvalue weighted by molar-refractivity contribution is 0.102. The largest absolute Gasteiger partial charge is 0.321 e. The Morgan fingerprint density at radius 3 is 2.52 bits per heavy atom. The lowest BCUT2D eigenvalue weighted by Gasteiger charge is -2.05. The highest BCUT2D eigenvalue weighted by Gasteiger charge is 2.09. The first-order valence-electron chi connectivity index (χ1n) is 7.89. The van der Waals surface area contributed by atoms with E-state index in [4.69, 9.17) is 0 Å². The molecule has 122 valence electrons. The fourth-order valence-electron chi connectivity index (χ4n) is 2.49. The van der Waals surface area contributed by atoms with Crippen molar-refractivity contribution in [1.82, 2.24) is 9.97 Å². The number of nitrogens with one attached hydrogen (secondary N) is 1. The number of hydrogen-bond donors (Lipinski definition) is 1. The van der Waals surface area contributed by atoms with Crippen molar-refractivity contribution < 1.29 is 4.79 Å². The zero-order valence-corrected chi connectivity index (χ0v) is 14.4. The molecule has 0 aliphatic heterocycles. The number of hydrogen-bond acceptors (Lipinski definition) is 4. The number of carbonyl (C=O) groups excluding carboxylic acids is 1. The molecule has 2 aromatic heterocycles. The summed E-state index contributed by atoms with van der Waals surface area (Å²) in [5.74, 6) is -0.215. The van der Waals surface area contributed by atoms with Crippen molar-refractivity contribution in [3.8, 4) is 10.6 Å². The zero-order chi connectivity index (χ0) is 17.2. The summed E-state index contributed by atoms with van der Waals surface area (Å²) < 4.78 is 1.17. The second kappa shape index (κ2) is 6.45. The van der Waals surface area contributed by atoms with E-state index in [-0.39, 0.29) is 5.91 Å². The number of anilines is 1. The van der Waals surface area contributed by atoms with Gasteiger partial charge < -0.3 is 5.32 Å². The van der Waals surface area contributed by atoms with Gasteiger partial charge in [-0.05, 0) is 55.0 Å². The van der Waals surface area contributed by atoms with Crippen molar-refractivity contribution in [2.45, 2.75) is 6.92 Å². The van der Waals surface area contributed by atoms with E-state index in [0.29, 0.717) is 5.69 Å². The second-order valence-corrected chi connectivity index (χ2v) is 6.77. The molecule has 4 aromatic rings. The molecule has 0 atom stereocenters. The molecule has 5 heteroatoms. The molecule has 1 N–H and O–H groups in total. The summed E-state index contributed by atoms with van der Waals surface area (Å²) in [5, 5.41) is 3.84. The number of pyridine rings is 1. The van der Waals surface area contributed by atoms with Gasteiger partial charge in [0.1, 0.15) is 10.7 Å². The molecule has 0 radical (unpaired) electrons. The van der Waals surface area contributed by atoms with Crippen molar-refractivity contribution in [3.05, 3.63) is 78.1 Å². The number of aromatic nitrogens is 2. The van der Waals surface area contributed by atoms with Gasteiger partial charge >= 0.3 is 0 Å². The van der Waals surface area contributed by atoms with Crippen LogP contribution < -0.4 is 5.32 Å². The summed E-state index contributed by atoms with van der Waals surface area (Å²) in [6.45, 7) is 1.94. The van der Waals surface area contributed by atoms with E-state index in [2.05, 4.69) is 21.4 Å². The minimum atomic E-state index is -0.215. The van der Waals surface area contributed by atoms with Crippen LogP contribution in [0.15, 0.2) is 66.9 Å². The number of nitrogens with zero attached hydrogens (tertiary/aromatic N) is 2. The van der Waals surface area contributed by atoms with Gasteiger partial charge in [-0.3, -0.25) is 9.78 Å². The summed E-state index contributed by atoms with van der Waals surface area (Å²) in [5.41, 5.74) is 4.20. The average Bonchev–Trinajstić information content (AvgIpc) is 3.07. The third-order valence-electron chi connectivity index (χ3n) is 3.83. The fourth-order valence-corrected chi connectivity index (χ4v) is 3.46. The summed E-state index contributed by atoms with van der Waals surface area (Å²) in [6, 6.07) is 19.4. The van der Waals surface area contributed by atoms with Crippen molar-refractivity contribution in [2.75, 3.05) is 5.32 Å². The van der Waals surface area contributed by atoms with E-state index >= 15 is 0 Å². The maximum Gasteiger partial charge on any atom is 0.274 e. The van der Waals surface area contributed by atoms with Crippen LogP contribution in [0, 0.1) is 6.92 Å². The Morgan fingerprint density at radius 1 is 1.00 bits per heavy atom. The normalized spacial score (nSPS) is 10.8. The van der Waals surface area contributed by atoms with E-state index in [0.717, 1.165) is 27.3 Å². The van der Waals surface area contributed by atoms with Gasteiger partial charge in [0.05, 0.1) is 10.2 Å². The van der Waals surface area contributed by atoms with Gasteiger partial charge in [-0.1, -0.05) is 18.2 Å². The van der Waals surface area contributed by atoms with Crippen LogP contribution in [-0.2, 0) is 0 Å². The van der Waals surface area contributed by atoms with Crippen LogP contribution in [0.25, 0.3) is 20.8 Å². The topological polar surface area (TPSA) is 54.9 Å². The molecule has 0 bridgehead atoms. The number of aryl methyl sites for hydroxylation is 1. The first-order valence-corrected chi connectivity index (χ1v) is 8.71. The Kier molecular flexibility index (Phi) is 3.99. The molecule has 0 saturated carbocycles. The van der Waals surface area contributed by atoms with Crippen LogP contribution in [0.2, 0.25) is 0 Å². The van der Waals surface area contributed by atoms with Gasteiger partial charge in [-0.2, -0.15) is 0 Å². The van der Waals surface area contributed by atoms with Gasteiger partial charge in [-0.25, -0.2) is 4.98 Å². The number of fused-ring (bicyclic) bond motifs is 1. The summed E-state index contributed by atoms with van der Waals surface area (Å²) in [7, 11) is 0. The molecular weight excluding hydrogens is 330 g/mol. The lowest BCUT2D eigenvalue weighted by atomic mass is 10.2. The lowest BCUT2D eigenvalue weighted by Crippen LogP contribution is -2.13. The third kappa shape index (κ3) is 3.27. The van der Waals surface area contributed by atoms with Crippen LogP contribution in [0.5, 0.6) is 0 Å². The van der Waals surface area contributed by atoms with Crippen molar-refractivity contribution in [3.63, 3.8) is 0 Å². The van der Waals surface area contributed by atoms with Crippen molar-refractivity contribution in [2.24, 2.45) is 0 Å². The Balaban J connectivity index is 1.53. The van der Waals surface area contributed by atoms with Crippen LogP contribution in [-0.4, -0.2) is 15.9 Å². The second-order valence-electron chi connectivity index (χ2n) is 5.74. The highest BCUT2D eigenvalue weighted by molar-refractivity contribution is 7.21. The van der Waals surface area contributed by atoms with Crippen LogP contribution in [0.4, 0.5) is 5.69 Å². The minimum Gasteiger partial charge on any atom is -0.321 e. The van der Waals surface area contributed by atoms with Gasteiger partial charge in [0.15, 0.2) is 0 Å². The first-order chi connectivity index (χ1) is 12.2. The summed E-state index contributed by atoms with van der Waals surface area (Å²) in [4.78, 5) is 21.0. The number of amides is 1. The number of benzene rings is 2. The number of rotatable bonds is 3. The monoisotopic (exact) mass is 345 g/mol. The predicted molar refractivity (Wildman–Crippen MR) is 102 cm³/mol. The molecule has 0 spiro atoms. The molecule has 2 aromatic carbocycles. The fraction of sp³-hybridized carbons (Fsp3) is 0.0500. The Morgan fingerprint density at radius 2 is 1.80 bits per heavy atom. The third-order valence-corrected chi connectivity index (χ3v) is 4.91. The maximum absolute atomic E-state index is 12.2. The minimum absolute atomic E-state index is 0.215. The summed E-state index contributed by atoms with van der Waals surface area (Å²) >= 11 is 1.66.